The van der Waals surface area contributed by atoms with E-state index in [4.69, 9.17) is 21.7 Å². The molecular formula is C11H16N2O7. The van der Waals surface area contributed by atoms with E-state index in [0.717, 1.165) is 0 Å². The van der Waals surface area contributed by atoms with E-state index >= 15 is 0 Å². The number of carboxylic acid groups (broad SMARTS) is 3. The van der Waals surface area contributed by atoms with Crippen LogP contribution < -0.4 is 11.5 Å². The van der Waals surface area contributed by atoms with Crippen molar-refractivity contribution in [3.05, 3.63) is 0 Å². The van der Waals surface area contributed by atoms with Gasteiger partial charge in [-0.25, -0.2) is 0 Å². The fourth-order valence-corrected chi connectivity index (χ4v) is 2.74. The zero-order valence-electron chi connectivity index (χ0n) is 10.6. The molecule has 1 fully saturated rings. The van der Waals surface area contributed by atoms with Gasteiger partial charge in [0.25, 0.3) is 0 Å². The Hall–Kier alpha value is -2.00. The second-order valence-electron chi connectivity index (χ2n) is 4.97. The van der Waals surface area contributed by atoms with E-state index in [1.165, 1.54) is 6.92 Å². The Labute approximate surface area is 113 Å². The van der Waals surface area contributed by atoms with Crippen LogP contribution in [0.2, 0.25) is 0 Å². The largest absolute Gasteiger partial charge is 0.481 e. The molecule has 9 heteroatoms. The van der Waals surface area contributed by atoms with Crippen molar-refractivity contribution in [2.45, 2.75) is 25.4 Å². The molecule has 7 N–H and O–H groups in total. The maximum atomic E-state index is 12.1. The molecule has 0 aromatic heterocycles. The molecule has 0 aromatic carbocycles. The van der Waals surface area contributed by atoms with Gasteiger partial charge >= 0.3 is 17.9 Å². The van der Waals surface area contributed by atoms with Crippen LogP contribution in [-0.2, 0) is 19.2 Å². The number of nitrogens with two attached hydrogens (primary N) is 2. The highest BCUT2D eigenvalue weighted by atomic mass is 16.4. The van der Waals surface area contributed by atoms with Crippen molar-refractivity contribution in [2.24, 2.45) is 28.7 Å². The molecule has 20 heavy (non-hydrogen) atoms. The molecule has 1 aliphatic rings. The minimum absolute atomic E-state index is 0.684. The molecular weight excluding hydrogens is 272 g/mol. The van der Waals surface area contributed by atoms with Gasteiger partial charge in [-0.15, -0.1) is 0 Å². The SMILES string of the molecule is CC(N)C(=O)C1(C(=O)O)CC(C(=O)O)C(C(=O)O)C1N. The molecule has 112 valence electrons. The number of hydrogen-bond acceptors (Lipinski definition) is 6. The summed E-state index contributed by atoms with van der Waals surface area (Å²) >= 11 is 0. The third kappa shape index (κ3) is 2.14. The van der Waals surface area contributed by atoms with Crippen LogP contribution in [0.25, 0.3) is 0 Å². The van der Waals surface area contributed by atoms with Gasteiger partial charge in [0, 0.05) is 6.04 Å². The zero-order chi connectivity index (χ0) is 15.8. The first-order valence-corrected chi connectivity index (χ1v) is 5.81. The summed E-state index contributed by atoms with van der Waals surface area (Å²) in [5.41, 5.74) is 8.71. The van der Waals surface area contributed by atoms with Crippen molar-refractivity contribution in [2.75, 3.05) is 0 Å². The van der Waals surface area contributed by atoms with Crippen molar-refractivity contribution in [3.63, 3.8) is 0 Å². The maximum absolute atomic E-state index is 12.1. The Kier molecular flexibility index (Phi) is 4.15. The van der Waals surface area contributed by atoms with Gasteiger partial charge in [0.15, 0.2) is 5.78 Å². The van der Waals surface area contributed by atoms with Crippen molar-refractivity contribution in [1.29, 1.82) is 0 Å². The first-order chi connectivity index (χ1) is 9.07. The first-order valence-electron chi connectivity index (χ1n) is 5.81. The van der Waals surface area contributed by atoms with Gasteiger partial charge in [0.05, 0.1) is 17.9 Å². The van der Waals surface area contributed by atoms with E-state index in [2.05, 4.69) is 0 Å². The normalized spacial score (nSPS) is 34.5. The van der Waals surface area contributed by atoms with Crippen LogP contribution >= 0.6 is 0 Å². The first kappa shape index (κ1) is 16.1. The molecule has 0 spiro atoms. The second-order valence-corrected chi connectivity index (χ2v) is 4.97. The monoisotopic (exact) mass is 288 g/mol. The number of ketones is 1. The lowest BCUT2D eigenvalue weighted by Gasteiger charge is -2.29. The third-order valence-corrected chi connectivity index (χ3v) is 3.77. The smallest absolute Gasteiger partial charge is 0.318 e. The van der Waals surface area contributed by atoms with E-state index in [-0.39, 0.29) is 0 Å². The highest BCUT2D eigenvalue weighted by Crippen LogP contribution is 2.46. The molecule has 0 radical (unpaired) electrons. The topological polar surface area (TPSA) is 181 Å². The number of Topliss-reactive ketones (excluding diaryl/α,β-unsaturated/α-hetero) is 1. The molecule has 1 rings (SSSR count). The predicted molar refractivity (Wildman–Crippen MR) is 63.6 cm³/mol. The molecule has 0 bridgehead atoms. The average molecular weight is 288 g/mol. The standard InChI is InChI=1S/C11H16N2O7/c1-3(12)7(14)11(10(19)20)2-4(8(15)16)5(6(11)13)9(17)18/h3-6H,2,12-13H2,1H3,(H,15,16)(H,17,18)(H,19,20). The summed E-state index contributed by atoms with van der Waals surface area (Å²) in [5, 5.41) is 27.4. The molecule has 1 aliphatic carbocycles. The van der Waals surface area contributed by atoms with Crippen LogP contribution in [0.1, 0.15) is 13.3 Å². The Bertz CT molecular complexity index is 475. The van der Waals surface area contributed by atoms with Gasteiger partial charge in [0.1, 0.15) is 5.41 Å². The highest BCUT2D eigenvalue weighted by molar-refractivity contribution is 6.08. The van der Waals surface area contributed by atoms with Crippen LogP contribution in [0.3, 0.4) is 0 Å². The summed E-state index contributed by atoms with van der Waals surface area (Å²) in [4.78, 5) is 45.8. The third-order valence-electron chi connectivity index (χ3n) is 3.77. The van der Waals surface area contributed by atoms with Crippen LogP contribution in [0, 0.1) is 17.3 Å². The number of hydrogen-bond donors (Lipinski definition) is 5. The lowest BCUT2D eigenvalue weighted by Crippen LogP contribution is -2.56. The van der Waals surface area contributed by atoms with E-state index in [1.807, 2.05) is 0 Å². The number of aliphatic carboxylic acids is 3. The molecule has 0 aliphatic heterocycles. The van der Waals surface area contributed by atoms with Gasteiger partial charge in [-0.05, 0) is 13.3 Å². The molecule has 0 heterocycles. The lowest BCUT2D eigenvalue weighted by atomic mass is 9.75. The Morgan fingerprint density at radius 3 is 1.90 bits per heavy atom. The summed E-state index contributed by atoms with van der Waals surface area (Å²) in [6.07, 6.45) is -0.684. The van der Waals surface area contributed by atoms with Gasteiger partial charge in [-0.3, -0.25) is 19.2 Å². The number of carboxylic acids is 3. The van der Waals surface area contributed by atoms with Crippen molar-refractivity contribution < 1.29 is 34.5 Å². The predicted octanol–water partition coefficient (Wildman–Crippen LogP) is -1.89. The Balaban J connectivity index is 3.41. The number of carbonyl (C=O) groups excluding carboxylic acids is 1. The lowest BCUT2D eigenvalue weighted by molar-refractivity contribution is -0.156. The zero-order valence-corrected chi connectivity index (χ0v) is 10.6. The molecule has 1 saturated carbocycles. The van der Waals surface area contributed by atoms with Crippen LogP contribution in [-0.4, -0.2) is 51.1 Å². The summed E-state index contributed by atoms with van der Waals surface area (Å²) < 4.78 is 0. The van der Waals surface area contributed by atoms with Crippen LogP contribution in [0.5, 0.6) is 0 Å². The molecule has 9 nitrogen and oxygen atoms in total. The van der Waals surface area contributed by atoms with Gasteiger partial charge in [-0.1, -0.05) is 0 Å². The van der Waals surface area contributed by atoms with Gasteiger partial charge in [-0.2, -0.15) is 0 Å². The number of rotatable bonds is 5. The van der Waals surface area contributed by atoms with Crippen LogP contribution in [0.4, 0.5) is 0 Å². The summed E-state index contributed by atoms with van der Waals surface area (Å²) in [6.45, 7) is 1.24. The molecule has 5 atom stereocenters. The van der Waals surface area contributed by atoms with Gasteiger partial charge < -0.3 is 26.8 Å². The Morgan fingerprint density at radius 2 is 1.65 bits per heavy atom. The van der Waals surface area contributed by atoms with Crippen molar-refractivity contribution >= 4 is 23.7 Å². The maximum Gasteiger partial charge on any atom is 0.318 e. The number of carbonyl (C=O) groups is 4. The van der Waals surface area contributed by atoms with Crippen molar-refractivity contribution in [3.8, 4) is 0 Å². The summed E-state index contributed by atoms with van der Waals surface area (Å²) in [6, 6.07) is -2.85. The summed E-state index contributed by atoms with van der Waals surface area (Å²) in [7, 11) is 0. The van der Waals surface area contributed by atoms with E-state index in [0.29, 0.717) is 0 Å². The molecule has 5 unspecified atom stereocenters. The second kappa shape index (κ2) is 5.17. The van der Waals surface area contributed by atoms with E-state index < -0.39 is 59.4 Å². The molecule has 0 saturated heterocycles. The fourth-order valence-electron chi connectivity index (χ4n) is 2.74. The highest BCUT2D eigenvalue weighted by Gasteiger charge is 2.65. The average Bonchev–Trinajstić information content (AvgIpc) is 2.62. The quantitative estimate of drug-likeness (QED) is 0.361. The fraction of sp³-hybridized carbons (Fsp3) is 0.636. The summed E-state index contributed by atoms with van der Waals surface area (Å²) in [5.74, 6) is -8.89. The minimum atomic E-state index is -2.29. The molecule has 0 aromatic rings. The van der Waals surface area contributed by atoms with Gasteiger partial charge in [0.2, 0.25) is 0 Å². The van der Waals surface area contributed by atoms with Crippen LogP contribution in [0.15, 0.2) is 0 Å². The van der Waals surface area contributed by atoms with E-state index in [9.17, 15) is 24.3 Å². The molecule has 0 amide bonds. The minimum Gasteiger partial charge on any atom is -0.481 e. The van der Waals surface area contributed by atoms with Crippen molar-refractivity contribution in [1.82, 2.24) is 0 Å². The van der Waals surface area contributed by atoms with E-state index in [1.54, 1.807) is 0 Å². The Morgan fingerprint density at radius 1 is 1.15 bits per heavy atom.